The first-order chi connectivity index (χ1) is 7.24. The number of hydrogen-bond donors (Lipinski definition) is 0. The van der Waals surface area contributed by atoms with E-state index in [2.05, 4.69) is 4.18 Å². The van der Waals surface area contributed by atoms with E-state index in [4.69, 9.17) is 0 Å². The van der Waals surface area contributed by atoms with Gasteiger partial charge >= 0.3 is 10.1 Å². The predicted molar refractivity (Wildman–Crippen MR) is 59.6 cm³/mol. The second kappa shape index (κ2) is 4.42. The van der Waals surface area contributed by atoms with E-state index in [0.717, 1.165) is 6.26 Å². The minimum Gasteiger partial charge on any atom is -0.383 e. The average Bonchev–Trinajstić information content (AvgIpc) is 2.16. The molecular formula is C9H12O5S2. The lowest BCUT2D eigenvalue weighted by Crippen LogP contribution is -2.06. The Balaban J connectivity index is 3.01. The molecule has 1 aromatic rings. The Morgan fingerprint density at radius 3 is 1.94 bits per heavy atom. The lowest BCUT2D eigenvalue weighted by atomic mass is 10.3. The molecule has 0 unspecified atom stereocenters. The van der Waals surface area contributed by atoms with Crippen LogP contribution in [0.3, 0.4) is 0 Å². The van der Waals surface area contributed by atoms with Gasteiger partial charge in [0.25, 0.3) is 0 Å². The molecule has 0 saturated carbocycles. The highest BCUT2D eigenvalue weighted by molar-refractivity contribution is 7.91. The van der Waals surface area contributed by atoms with E-state index >= 15 is 0 Å². The number of benzene rings is 1. The van der Waals surface area contributed by atoms with Gasteiger partial charge in [-0.05, 0) is 24.3 Å². The van der Waals surface area contributed by atoms with E-state index in [-0.39, 0.29) is 16.4 Å². The largest absolute Gasteiger partial charge is 0.383 e. The number of hydrogen-bond acceptors (Lipinski definition) is 5. The second-order valence-corrected chi connectivity index (χ2v) is 7.02. The molecule has 16 heavy (non-hydrogen) atoms. The first-order valence-electron chi connectivity index (χ1n) is 4.47. The molecule has 0 atom stereocenters. The van der Waals surface area contributed by atoms with Crippen LogP contribution >= 0.6 is 0 Å². The summed E-state index contributed by atoms with van der Waals surface area (Å²) in [6.45, 7) is 1.54. The van der Waals surface area contributed by atoms with Crippen LogP contribution in [0.15, 0.2) is 29.2 Å². The molecule has 0 aliphatic heterocycles. The first-order valence-corrected chi connectivity index (χ1v) is 7.94. The van der Waals surface area contributed by atoms with Crippen LogP contribution < -0.4 is 4.18 Å². The van der Waals surface area contributed by atoms with E-state index in [1.54, 1.807) is 0 Å². The molecule has 0 heterocycles. The van der Waals surface area contributed by atoms with Crippen molar-refractivity contribution >= 4 is 20.0 Å². The zero-order valence-electron chi connectivity index (χ0n) is 8.87. The van der Waals surface area contributed by atoms with Crippen molar-refractivity contribution in [2.75, 3.05) is 12.0 Å². The predicted octanol–water partition coefficient (Wildman–Crippen LogP) is 0.819. The highest BCUT2D eigenvalue weighted by Gasteiger charge is 2.12. The van der Waals surface area contributed by atoms with Gasteiger partial charge in [0.2, 0.25) is 0 Å². The summed E-state index contributed by atoms with van der Waals surface area (Å²) in [6.07, 6.45) is 0.920. The SMILES string of the molecule is CCS(=O)(=O)c1ccc(OS(C)(=O)=O)cc1. The van der Waals surface area contributed by atoms with E-state index in [1.807, 2.05) is 0 Å². The Morgan fingerprint density at radius 2 is 1.56 bits per heavy atom. The van der Waals surface area contributed by atoms with Crippen LogP contribution in [-0.2, 0) is 20.0 Å². The van der Waals surface area contributed by atoms with Crippen LogP contribution in [0.25, 0.3) is 0 Å². The summed E-state index contributed by atoms with van der Waals surface area (Å²) in [7, 11) is -6.84. The van der Waals surface area contributed by atoms with Gasteiger partial charge in [-0.15, -0.1) is 0 Å². The van der Waals surface area contributed by atoms with Gasteiger partial charge in [0, 0.05) is 0 Å². The van der Waals surface area contributed by atoms with E-state index in [0.29, 0.717) is 0 Å². The minimum absolute atomic E-state index is 0.000714. The third kappa shape index (κ3) is 3.49. The van der Waals surface area contributed by atoms with E-state index < -0.39 is 20.0 Å². The molecule has 0 radical (unpaired) electrons. The molecule has 0 N–H and O–H groups in total. The summed E-state index contributed by atoms with van der Waals surface area (Å²) in [5, 5.41) is 0. The van der Waals surface area contributed by atoms with Gasteiger partial charge in [0.15, 0.2) is 9.84 Å². The monoisotopic (exact) mass is 264 g/mol. The van der Waals surface area contributed by atoms with Gasteiger partial charge in [-0.1, -0.05) is 6.92 Å². The van der Waals surface area contributed by atoms with Crippen molar-refractivity contribution < 1.29 is 21.0 Å². The van der Waals surface area contributed by atoms with Crippen molar-refractivity contribution in [1.82, 2.24) is 0 Å². The highest BCUT2D eigenvalue weighted by Crippen LogP contribution is 2.17. The Bertz CT molecular complexity index is 554. The van der Waals surface area contributed by atoms with Crippen LogP contribution in [0.2, 0.25) is 0 Å². The quantitative estimate of drug-likeness (QED) is 0.752. The molecule has 1 aromatic carbocycles. The summed E-state index contributed by atoms with van der Waals surface area (Å²) < 4.78 is 49.1. The fraction of sp³-hybridized carbons (Fsp3) is 0.333. The smallest absolute Gasteiger partial charge is 0.306 e. The summed E-state index contributed by atoms with van der Waals surface area (Å²) in [5.41, 5.74) is 0. The van der Waals surface area contributed by atoms with Crippen molar-refractivity contribution in [3.05, 3.63) is 24.3 Å². The van der Waals surface area contributed by atoms with Crippen LogP contribution in [0.5, 0.6) is 5.75 Å². The van der Waals surface area contributed by atoms with Crippen LogP contribution in [0.1, 0.15) is 6.92 Å². The van der Waals surface area contributed by atoms with Gasteiger partial charge in [-0.2, -0.15) is 8.42 Å². The third-order valence-corrected chi connectivity index (χ3v) is 4.06. The fourth-order valence-corrected chi connectivity index (χ4v) is 2.39. The lowest BCUT2D eigenvalue weighted by molar-refractivity contribution is 0.493. The molecule has 5 nitrogen and oxygen atoms in total. The standard InChI is InChI=1S/C9H12O5S2/c1-3-16(12,13)9-6-4-8(5-7-9)14-15(2,10)11/h4-7H,3H2,1-2H3. The maximum atomic E-state index is 11.4. The third-order valence-electron chi connectivity index (χ3n) is 1.81. The van der Waals surface area contributed by atoms with E-state index in [1.165, 1.54) is 31.2 Å². The van der Waals surface area contributed by atoms with Gasteiger partial charge in [0.1, 0.15) is 5.75 Å². The molecule has 7 heteroatoms. The summed E-state index contributed by atoms with van der Waals surface area (Å²) in [6, 6.07) is 5.26. The van der Waals surface area contributed by atoms with Gasteiger partial charge in [-0.25, -0.2) is 8.42 Å². The van der Waals surface area contributed by atoms with Gasteiger partial charge < -0.3 is 4.18 Å². The Kier molecular flexibility index (Phi) is 3.59. The summed E-state index contributed by atoms with van der Waals surface area (Å²) in [5.74, 6) is 0.0942. The van der Waals surface area contributed by atoms with Crippen LogP contribution in [-0.4, -0.2) is 28.8 Å². The molecule has 1 rings (SSSR count). The molecule has 0 spiro atoms. The van der Waals surface area contributed by atoms with Gasteiger partial charge in [0.05, 0.1) is 16.9 Å². The highest BCUT2D eigenvalue weighted by atomic mass is 32.2. The zero-order chi connectivity index (χ0) is 12.4. The zero-order valence-corrected chi connectivity index (χ0v) is 10.5. The fourth-order valence-electron chi connectivity index (χ4n) is 1.04. The number of sulfone groups is 1. The molecule has 90 valence electrons. The van der Waals surface area contributed by atoms with Gasteiger partial charge in [-0.3, -0.25) is 0 Å². The Morgan fingerprint density at radius 1 is 1.06 bits per heavy atom. The van der Waals surface area contributed by atoms with Crippen molar-refractivity contribution in [3.63, 3.8) is 0 Å². The Labute approximate surface area is 95.1 Å². The number of rotatable bonds is 4. The molecule has 0 aliphatic rings. The maximum Gasteiger partial charge on any atom is 0.306 e. The van der Waals surface area contributed by atoms with Crippen LogP contribution in [0, 0.1) is 0 Å². The topological polar surface area (TPSA) is 77.5 Å². The molecular weight excluding hydrogens is 252 g/mol. The van der Waals surface area contributed by atoms with E-state index in [9.17, 15) is 16.8 Å². The van der Waals surface area contributed by atoms with Crippen molar-refractivity contribution in [2.24, 2.45) is 0 Å². The summed E-state index contributed by atoms with van der Waals surface area (Å²) >= 11 is 0. The molecule has 0 amide bonds. The first kappa shape index (κ1) is 13.0. The molecule has 0 bridgehead atoms. The second-order valence-electron chi connectivity index (χ2n) is 3.16. The van der Waals surface area contributed by atoms with Crippen molar-refractivity contribution in [1.29, 1.82) is 0 Å². The lowest BCUT2D eigenvalue weighted by Gasteiger charge is -2.04. The Hall–Kier alpha value is -1.08. The summed E-state index contributed by atoms with van der Waals surface area (Å²) in [4.78, 5) is 0.149. The van der Waals surface area contributed by atoms with Crippen molar-refractivity contribution in [3.8, 4) is 5.75 Å². The molecule has 0 saturated heterocycles. The van der Waals surface area contributed by atoms with Crippen molar-refractivity contribution in [2.45, 2.75) is 11.8 Å². The normalized spacial score (nSPS) is 12.4. The van der Waals surface area contributed by atoms with Crippen LogP contribution in [0.4, 0.5) is 0 Å². The minimum atomic E-state index is -3.58. The molecule has 0 fully saturated rings. The maximum absolute atomic E-state index is 11.4. The molecule has 0 aromatic heterocycles. The average molecular weight is 264 g/mol. The molecule has 0 aliphatic carbocycles.